The van der Waals surface area contributed by atoms with Crippen molar-refractivity contribution in [3.05, 3.63) is 57.6 Å². The molecule has 1 N–H and O–H groups in total. The molecule has 7 heteroatoms. The number of benzene rings is 1. The summed E-state index contributed by atoms with van der Waals surface area (Å²) in [5.41, 5.74) is 3.22. The van der Waals surface area contributed by atoms with Gasteiger partial charge in [-0.25, -0.2) is 9.78 Å². The van der Waals surface area contributed by atoms with E-state index in [1.165, 1.54) is 18.4 Å². The molecule has 140 valence electrons. The van der Waals surface area contributed by atoms with E-state index in [4.69, 9.17) is 14.9 Å². The summed E-state index contributed by atoms with van der Waals surface area (Å²) in [6.45, 7) is 3.93. The van der Waals surface area contributed by atoms with E-state index in [0.717, 1.165) is 31.9 Å². The minimum absolute atomic E-state index is 0.0725. The van der Waals surface area contributed by atoms with Crippen LogP contribution in [-0.2, 0) is 4.74 Å². The Kier molecular flexibility index (Phi) is 4.36. The van der Waals surface area contributed by atoms with E-state index < -0.39 is 11.9 Å². The van der Waals surface area contributed by atoms with Crippen LogP contribution in [0.25, 0.3) is 10.2 Å². The Hall–Kier alpha value is -3.24. The Morgan fingerprint density at radius 1 is 1.32 bits per heavy atom. The van der Waals surface area contributed by atoms with Gasteiger partial charge in [-0.05, 0) is 43.2 Å². The zero-order valence-electron chi connectivity index (χ0n) is 15.6. The van der Waals surface area contributed by atoms with Crippen molar-refractivity contribution in [2.75, 3.05) is 7.11 Å². The second kappa shape index (κ2) is 6.73. The molecule has 0 radical (unpaired) electrons. The molecule has 2 unspecified atom stereocenters. The summed E-state index contributed by atoms with van der Waals surface area (Å²) in [6, 6.07) is 11.2. The molecule has 0 saturated heterocycles. The lowest BCUT2D eigenvalue weighted by Crippen LogP contribution is -2.30. The van der Waals surface area contributed by atoms with E-state index >= 15 is 0 Å². The van der Waals surface area contributed by atoms with Gasteiger partial charge in [-0.15, -0.1) is 11.3 Å². The lowest BCUT2D eigenvalue weighted by atomic mass is 9.83. The highest BCUT2D eigenvalue weighted by atomic mass is 32.1. The number of ether oxygens (including phenoxy) is 2. The number of rotatable bonds is 2. The molecule has 4 rings (SSSR count). The van der Waals surface area contributed by atoms with Crippen molar-refractivity contribution in [3.8, 4) is 11.8 Å². The Morgan fingerprint density at radius 2 is 2.04 bits per heavy atom. The third-order valence-corrected chi connectivity index (χ3v) is 6.06. The molecule has 0 aliphatic carbocycles. The summed E-state index contributed by atoms with van der Waals surface area (Å²) in [4.78, 5) is 18.1. The number of nitriles is 1. The van der Waals surface area contributed by atoms with Crippen LogP contribution >= 0.6 is 11.3 Å². The number of esters is 1. The highest BCUT2D eigenvalue weighted by Crippen LogP contribution is 2.50. The van der Waals surface area contributed by atoms with E-state index in [1.54, 1.807) is 24.3 Å². The predicted octanol–water partition coefficient (Wildman–Crippen LogP) is 4.34. The number of pyridine rings is 1. The summed E-state index contributed by atoms with van der Waals surface area (Å²) in [5, 5.41) is 18.9. The van der Waals surface area contributed by atoms with Gasteiger partial charge in [0.2, 0.25) is 5.90 Å². The van der Waals surface area contributed by atoms with Gasteiger partial charge >= 0.3 is 5.97 Å². The zero-order valence-corrected chi connectivity index (χ0v) is 16.4. The lowest BCUT2D eigenvalue weighted by molar-refractivity contribution is 0.0600. The SMILES string of the molecule is COC(=O)c1ccc(C2c3sc4nc(C)cc(C)c4c3OC(=N)C2C#N)cc1. The number of methoxy groups -OCH3 is 1. The number of nitrogens with zero attached hydrogens (tertiary/aromatic N) is 2. The second-order valence-electron chi connectivity index (χ2n) is 6.72. The molecule has 1 aromatic carbocycles. The molecule has 2 atom stereocenters. The fourth-order valence-electron chi connectivity index (χ4n) is 3.63. The average Bonchev–Trinajstić information content (AvgIpc) is 3.04. The molecular formula is C21H17N3O3S. The van der Waals surface area contributed by atoms with E-state index in [0.29, 0.717) is 11.3 Å². The van der Waals surface area contributed by atoms with Crippen LogP contribution in [0.3, 0.4) is 0 Å². The minimum Gasteiger partial charge on any atom is -0.465 e. The Balaban J connectivity index is 1.91. The molecule has 0 amide bonds. The monoisotopic (exact) mass is 391 g/mol. The number of thiophene rings is 1. The number of hydrogen-bond acceptors (Lipinski definition) is 7. The largest absolute Gasteiger partial charge is 0.465 e. The van der Waals surface area contributed by atoms with E-state index in [1.807, 2.05) is 19.9 Å². The fraction of sp³-hybridized carbons (Fsp3) is 0.238. The van der Waals surface area contributed by atoms with Gasteiger partial charge in [-0.3, -0.25) is 5.41 Å². The molecule has 2 aromatic heterocycles. The molecule has 1 aliphatic rings. The van der Waals surface area contributed by atoms with Crippen molar-refractivity contribution in [3.63, 3.8) is 0 Å². The van der Waals surface area contributed by atoms with Gasteiger partial charge in [0.05, 0.1) is 29.0 Å². The third kappa shape index (κ3) is 2.74. The van der Waals surface area contributed by atoms with Crippen LogP contribution in [0.15, 0.2) is 30.3 Å². The van der Waals surface area contributed by atoms with Gasteiger partial charge in [0.15, 0.2) is 5.75 Å². The first kappa shape index (κ1) is 18.1. The van der Waals surface area contributed by atoms with E-state index in [-0.39, 0.29) is 11.8 Å². The molecular weight excluding hydrogens is 374 g/mol. The fourth-order valence-corrected chi connectivity index (χ4v) is 5.02. The number of fused-ring (bicyclic) bond motifs is 3. The zero-order chi connectivity index (χ0) is 20.0. The molecule has 0 bridgehead atoms. The van der Waals surface area contributed by atoms with Crippen molar-refractivity contribution in [1.29, 1.82) is 10.7 Å². The predicted molar refractivity (Wildman–Crippen MR) is 106 cm³/mol. The molecule has 0 spiro atoms. The van der Waals surface area contributed by atoms with Crippen molar-refractivity contribution in [2.24, 2.45) is 5.92 Å². The van der Waals surface area contributed by atoms with Crippen LogP contribution in [0.1, 0.15) is 38.0 Å². The Morgan fingerprint density at radius 3 is 2.68 bits per heavy atom. The Labute approximate surface area is 165 Å². The number of hydrogen-bond donors (Lipinski definition) is 1. The number of nitrogens with one attached hydrogen (secondary N) is 1. The van der Waals surface area contributed by atoms with Crippen molar-refractivity contribution in [1.82, 2.24) is 4.98 Å². The van der Waals surface area contributed by atoms with Crippen LogP contribution in [0.5, 0.6) is 5.75 Å². The van der Waals surface area contributed by atoms with Gasteiger partial charge < -0.3 is 9.47 Å². The highest BCUT2D eigenvalue weighted by molar-refractivity contribution is 7.19. The summed E-state index contributed by atoms with van der Waals surface area (Å²) in [5.74, 6) is -0.973. The van der Waals surface area contributed by atoms with Gasteiger partial charge in [0.25, 0.3) is 0 Å². The highest BCUT2D eigenvalue weighted by Gasteiger charge is 2.40. The lowest BCUT2D eigenvalue weighted by Gasteiger charge is -2.28. The first-order valence-electron chi connectivity index (χ1n) is 8.69. The van der Waals surface area contributed by atoms with Gasteiger partial charge in [0, 0.05) is 11.6 Å². The van der Waals surface area contributed by atoms with Gasteiger partial charge in [-0.2, -0.15) is 5.26 Å². The van der Waals surface area contributed by atoms with Crippen LogP contribution < -0.4 is 4.74 Å². The molecule has 6 nitrogen and oxygen atoms in total. The van der Waals surface area contributed by atoms with Crippen molar-refractivity contribution >= 4 is 33.4 Å². The molecule has 0 fully saturated rings. The molecule has 3 aromatic rings. The number of aryl methyl sites for hydroxylation is 2. The van der Waals surface area contributed by atoms with Gasteiger partial charge in [0.1, 0.15) is 10.7 Å². The third-order valence-electron chi connectivity index (χ3n) is 4.91. The van der Waals surface area contributed by atoms with Crippen molar-refractivity contribution in [2.45, 2.75) is 19.8 Å². The summed E-state index contributed by atoms with van der Waals surface area (Å²) in [6.07, 6.45) is 0. The van der Waals surface area contributed by atoms with Crippen LogP contribution in [0, 0.1) is 36.5 Å². The Bertz CT molecular complexity index is 1160. The maximum Gasteiger partial charge on any atom is 0.337 e. The van der Waals surface area contributed by atoms with Crippen LogP contribution in [-0.4, -0.2) is 24.0 Å². The second-order valence-corrected chi connectivity index (χ2v) is 7.75. The normalized spacial score (nSPS) is 18.3. The van der Waals surface area contributed by atoms with Gasteiger partial charge in [-0.1, -0.05) is 12.1 Å². The molecule has 28 heavy (non-hydrogen) atoms. The first-order chi connectivity index (χ1) is 13.4. The molecule has 0 saturated carbocycles. The maximum atomic E-state index is 11.7. The first-order valence-corrected chi connectivity index (χ1v) is 9.51. The van der Waals surface area contributed by atoms with Crippen molar-refractivity contribution < 1.29 is 14.3 Å². The van der Waals surface area contributed by atoms with Crippen LogP contribution in [0.4, 0.5) is 0 Å². The maximum absolute atomic E-state index is 11.7. The van der Waals surface area contributed by atoms with E-state index in [9.17, 15) is 10.1 Å². The standard InChI is InChI=1S/C21H17N3O3S/c1-10-8-11(2)24-20-15(10)17-18(28-20)16(14(9-22)19(23)27-17)12-4-6-13(7-5-12)21(25)26-3/h4-8,14,16,23H,1-3H3. The number of aromatic nitrogens is 1. The number of carbonyl (C=O) groups excluding carboxylic acids is 1. The summed E-state index contributed by atoms with van der Waals surface area (Å²) in [7, 11) is 1.34. The van der Waals surface area contributed by atoms with Crippen LogP contribution in [0.2, 0.25) is 0 Å². The quantitative estimate of drug-likeness (QED) is 0.656. The summed E-state index contributed by atoms with van der Waals surface area (Å²) < 4.78 is 10.5. The minimum atomic E-state index is -0.744. The average molecular weight is 391 g/mol. The summed E-state index contributed by atoms with van der Waals surface area (Å²) >= 11 is 1.49. The molecule has 1 aliphatic heterocycles. The molecule has 3 heterocycles. The smallest absolute Gasteiger partial charge is 0.337 e. The number of carbonyl (C=O) groups is 1. The topological polar surface area (TPSA) is 96.1 Å². The van der Waals surface area contributed by atoms with E-state index in [2.05, 4.69) is 11.1 Å².